The van der Waals surface area contributed by atoms with Crippen molar-refractivity contribution in [2.45, 2.75) is 6.61 Å². The number of hydrogen-bond donors (Lipinski definition) is 1. The highest BCUT2D eigenvalue weighted by Gasteiger charge is 2.17. The van der Waals surface area contributed by atoms with Gasteiger partial charge in [-0.2, -0.15) is 8.78 Å². The minimum Gasteiger partial charge on any atom is -0.451 e. The number of aromatic nitrogens is 1. The van der Waals surface area contributed by atoms with Crippen molar-refractivity contribution in [3.05, 3.63) is 35.2 Å². The Morgan fingerprint density at radius 2 is 1.93 bits per heavy atom. The second kappa shape index (κ2) is 8.48. The Kier molecular flexibility index (Phi) is 6.05. The molecule has 0 spiro atoms. The Labute approximate surface area is 166 Å². The van der Waals surface area contributed by atoms with Gasteiger partial charge in [0.1, 0.15) is 15.5 Å². The summed E-state index contributed by atoms with van der Waals surface area (Å²) in [6.45, 7) is -3.40. The van der Waals surface area contributed by atoms with E-state index in [0.717, 1.165) is 14.7 Å². The molecule has 0 atom stereocenters. The van der Waals surface area contributed by atoms with E-state index in [1.807, 2.05) is 19.0 Å². The summed E-state index contributed by atoms with van der Waals surface area (Å²) >= 11 is 2.65. The smallest absolute Gasteiger partial charge is 0.387 e. The molecule has 3 rings (SSSR count). The molecule has 0 bridgehead atoms. The zero-order valence-electron chi connectivity index (χ0n) is 14.8. The fourth-order valence-corrected chi connectivity index (χ4v) is 4.16. The maximum Gasteiger partial charge on any atom is 0.387 e. The third-order valence-corrected chi connectivity index (χ3v) is 5.67. The maximum absolute atomic E-state index is 12.1. The van der Waals surface area contributed by atoms with Gasteiger partial charge in [0.2, 0.25) is 0 Å². The zero-order valence-corrected chi connectivity index (χ0v) is 16.4. The van der Waals surface area contributed by atoms with Crippen LogP contribution in [0.2, 0.25) is 0 Å². The fourth-order valence-electron chi connectivity index (χ4n) is 2.13. The number of carbonyl (C=O) groups is 2. The molecule has 0 unspecified atom stereocenters. The second-order valence-corrected chi connectivity index (χ2v) is 7.74. The number of anilines is 2. The number of esters is 1. The predicted octanol–water partition coefficient (Wildman–Crippen LogP) is 3.82. The molecule has 0 radical (unpaired) electrons. The predicted molar refractivity (Wildman–Crippen MR) is 104 cm³/mol. The molecule has 0 aliphatic heterocycles. The van der Waals surface area contributed by atoms with Gasteiger partial charge >= 0.3 is 12.6 Å². The van der Waals surface area contributed by atoms with Crippen LogP contribution in [-0.2, 0) is 9.53 Å². The number of thiophene rings is 1. The molecule has 0 aliphatic rings. The molecule has 1 aromatic carbocycles. The highest BCUT2D eigenvalue weighted by Crippen LogP contribution is 2.34. The lowest BCUT2D eigenvalue weighted by atomic mass is 10.3. The molecule has 28 heavy (non-hydrogen) atoms. The highest BCUT2D eigenvalue weighted by molar-refractivity contribution is 7.29. The molecule has 2 heterocycles. The molecular weight excluding hydrogens is 412 g/mol. The molecule has 148 valence electrons. The fraction of sp³-hybridized carbons (Fsp3) is 0.235. The number of carbonyl (C=O) groups excluding carboxylic acids is 2. The van der Waals surface area contributed by atoms with E-state index in [-0.39, 0.29) is 5.75 Å². The van der Waals surface area contributed by atoms with Gasteiger partial charge in [-0.25, -0.2) is 9.78 Å². The molecular formula is C17H15F2N3O4S2. The van der Waals surface area contributed by atoms with Crippen molar-refractivity contribution in [3.8, 4) is 5.75 Å². The Hall–Kier alpha value is -2.79. The van der Waals surface area contributed by atoms with E-state index in [2.05, 4.69) is 15.0 Å². The van der Waals surface area contributed by atoms with E-state index < -0.39 is 25.1 Å². The van der Waals surface area contributed by atoms with Gasteiger partial charge in [-0.15, -0.1) is 11.3 Å². The van der Waals surface area contributed by atoms with E-state index in [4.69, 9.17) is 4.74 Å². The number of halogens is 2. The lowest BCUT2D eigenvalue weighted by molar-refractivity contribution is -0.119. The van der Waals surface area contributed by atoms with Gasteiger partial charge in [0, 0.05) is 19.8 Å². The van der Waals surface area contributed by atoms with E-state index in [1.54, 1.807) is 6.07 Å². The first-order valence-corrected chi connectivity index (χ1v) is 9.54. The molecule has 11 heteroatoms. The third-order valence-electron chi connectivity index (χ3n) is 3.36. The Morgan fingerprint density at radius 3 is 2.54 bits per heavy atom. The number of ether oxygens (including phenoxy) is 2. The van der Waals surface area contributed by atoms with Crippen LogP contribution < -0.4 is 15.0 Å². The van der Waals surface area contributed by atoms with Crippen LogP contribution in [0.3, 0.4) is 0 Å². The second-order valence-electron chi connectivity index (χ2n) is 5.70. The van der Waals surface area contributed by atoms with Crippen molar-refractivity contribution in [1.29, 1.82) is 0 Å². The average molecular weight is 427 g/mol. The number of benzene rings is 1. The monoisotopic (exact) mass is 427 g/mol. The summed E-state index contributed by atoms with van der Waals surface area (Å²) in [5, 5.41) is 3.34. The number of nitrogens with zero attached hydrogens (tertiary/aromatic N) is 2. The molecule has 1 amide bonds. The van der Waals surface area contributed by atoms with Crippen molar-refractivity contribution >= 4 is 54.9 Å². The van der Waals surface area contributed by atoms with Crippen LogP contribution in [0.5, 0.6) is 5.75 Å². The molecule has 2 aromatic heterocycles. The van der Waals surface area contributed by atoms with Crippen molar-refractivity contribution in [1.82, 2.24) is 4.98 Å². The zero-order chi connectivity index (χ0) is 20.3. The first-order valence-electron chi connectivity index (χ1n) is 7.91. The molecule has 0 saturated heterocycles. The third kappa shape index (κ3) is 4.93. The van der Waals surface area contributed by atoms with Gasteiger partial charge in [-0.1, -0.05) is 11.3 Å². The highest BCUT2D eigenvalue weighted by atomic mass is 32.1. The van der Waals surface area contributed by atoms with Gasteiger partial charge in [0.15, 0.2) is 11.7 Å². The number of rotatable bonds is 7. The van der Waals surface area contributed by atoms with Crippen molar-refractivity contribution < 1.29 is 27.8 Å². The van der Waals surface area contributed by atoms with Crippen LogP contribution in [0.4, 0.5) is 19.6 Å². The molecule has 7 nitrogen and oxygen atoms in total. The number of thiazole rings is 1. The van der Waals surface area contributed by atoms with E-state index in [0.29, 0.717) is 10.6 Å². The van der Waals surface area contributed by atoms with Crippen molar-refractivity contribution in [2.24, 2.45) is 0 Å². The number of alkyl halides is 2. The summed E-state index contributed by atoms with van der Waals surface area (Å²) in [5.41, 5.74) is 0.361. The summed E-state index contributed by atoms with van der Waals surface area (Å²) < 4.78 is 34.3. The van der Waals surface area contributed by atoms with Crippen LogP contribution in [0.15, 0.2) is 30.3 Å². The number of amides is 1. The van der Waals surface area contributed by atoms with Crippen molar-refractivity contribution in [2.75, 3.05) is 30.9 Å². The Balaban J connectivity index is 1.52. The van der Waals surface area contributed by atoms with Gasteiger partial charge in [-0.3, -0.25) is 4.79 Å². The summed E-state index contributed by atoms with van der Waals surface area (Å²) in [7, 11) is 3.77. The number of hydrogen-bond acceptors (Lipinski definition) is 8. The normalized spacial score (nSPS) is 10.9. The largest absolute Gasteiger partial charge is 0.451 e. The summed E-state index contributed by atoms with van der Waals surface area (Å²) in [6, 6.07) is 7.08. The standard InChI is InChI=1S/C17H15F2N3O4S2/c1-22(2)17-21-14-11(28-17)7-12(27-14)15(24)25-8-13(23)20-9-3-5-10(6-4-9)26-16(18)19/h3-7,16H,8H2,1-2H3,(H,20,23). The van der Waals surface area contributed by atoms with Gasteiger partial charge in [0.05, 0.1) is 4.70 Å². The summed E-state index contributed by atoms with van der Waals surface area (Å²) in [5.74, 6) is -1.19. The van der Waals surface area contributed by atoms with Crippen LogP contribution in [0, 0.1) is 0 Å². The Morgan fingerprint density at radius 1 is 1.21 bits per heavy atom. The SMILES string of the molecule is CN(C)c1nc2sc(C(=O)OCC(=O)Nc3ccc(OC(F)F)cc3)cc2s1. The number of nitrogens with one attached hydrogen (secondary N) is 1. The molecule has 0 aliphatic carbocycles. The minimum atomic E-state index is -2.92. The lowest BCUT2D eigenvalue weighted by Gasteiger charge is -2.08. The van der Waals surface area contributed by atoms with Gasteiger partial charge < -0.3 is 19.7 Å². The van der Waals surface area contributed by atoms with Crippen molar-refractivity contribution in [3.63, 3.8) is 0 Å². The van der Waals surface area contributed by atoms with Crippen LogP contribution in [0.1, 0.15) is 9.67 Å². The topological polar surface area (TPSA) is 80.8 Å². The van der Waals surface area contributed by atoms with Crippen LogP contribution in [-0.4, -0.2) is 44.2 Å². The quantitative estimate of drug-likeness (QED) is 0.578. The van der Waals surface area contributed by atoms with Gasteiger partial charge in [0.25, 0.3) is 5.91 Å². The number of fused-ring (bicyclic) bond motifs is 1. The molecule has 1 N–H and O–H groups in total. The summed E-state index contributed by atoms with van der Waals surface area (Å²) in [4.78, 5) is 31.4. The minimum absolute atomic E-state index is 0.0249. The maximum atomic E-state index is 12.1. The van der Waals surface area contributed by atoms with E-state index in [9.17, 15) is 18.4 Å². The molecule has 0 saturated carbocycles. The van der Waals surface area contributed by atoms with Crippen LogP contribution >= 0.6 is 22.7 Å². The average Bonchev–Trinajstić information content (AvgIpc) is 3.20. The molecule has 3 aromatic rings. The van der Waals surface area contributed by atoms with Gasteiger partial charge in [-0.05, 0) is 30.3 Å². The van der Waals surface area contributed by atoms with E-state index in [1.165, 1.54) is 46.9 Å². The summed E-state index contributed by atoms with van der Waals surface area (Å²) in [6.07, 6.45) is 0. The molecule has 0 fully saturated rings. The lowest BCUT2D eigenvalue weighted by Crippen LogP contribution is -2.20. The van der Waals surface area contributed by atoms with Crippen LogP contribution in [0.25, 0.3) is 9.53 Å². The van der Waals surface area contributed by atoms with E-state index >= 15 is 0 Å². The first kappa shape index (κ1) is 20.0. The first-order chi connectivity index (χ1) is 13.3. The Bertz CT molecular complexity index is 955.